The number of ether oxygens (including phenoxy) is 1. The molecule has 3 aromatic rings. The molecule has 6 nitrogen and oxygen atoms in total. The molecule has 0 bridgehead atoms. The van der Waals surface area contributed by atoms with E-state index in [1.807, 2.05) is 66.7 Å². The van der Waals surface area contributed by atoms with E-state index < -0.39 is 18.1 Å². The fourth-order valence-electron chi connectivity index (χ4n) is 4.20. The van der Waals surface area contributed by atoms with Crippen LogP contribution >= 0.6 is 15.9 Å². The summed E-state index contributed by atoms with van der Waals surface area (Å²) in [6.07, 6.45) is -0.886. The van der Waals surface area contributed by atoms with Crippen LogP contribution in [0, 0.1) is 5.92 Å². The van der Waals surface area contributed by atoms with E-state index in [-0.39, 0.29) is 11.8 Å². The number of imide groups is 1. The molecule has 0 saturated carbocycles. The van der Waals surface area contributed by atoms with E-state index >= 15 is 0 Å². The highest BCUT2D eigenvalue weighted by atomic mass is 79.9. The van der Waals surface area contributed by atoms with Crippen molar-refractivity contribution in [3.63, 3.8) is 0 Å². The molecule has 3 aromatic carbocycles. The summed E-state index contributed by atoms with van der Waals surface area (Å²) in [6.45, 7) is 0. The van der Waals surface area contributed by atoms with Gasteiger partial charge in [0.25, 0.3) is 5.91 Å². The lowest BCUT2D eigenvalue weighted by Crippen LogP contribution is -2.37. The van der Waals surface area contributed by atoms with E-state index in [9.17, 15) is 9.59 Å². The van der Waals surface area contributed by atoms with Gasteiger partial charge in [-0.1, -0.05) is 46.3 Å². The van der Waals surface area contributed by atoms with Crippen molar-refractivity contribution in [1.82, 2.24) is 0 Å². The van der Waals surface area contributed by atoms with Crippen LogP contribution in [0.4, 0.5) is 11.4 Å². The zero-order chi connectivity index (χ0) is 21.5. The Kier molecular flexibility index (Phi) is 5.00. The van der Waals surface area contributed by atoms with Gasteiger partial charge in [-0.05, 0) is 54.1 Å². The molecule has 7 heteroatoms. The lowest BCUT2D eigenvalue weighted by Gasteiger charge is -2.28. The minimum absolute atomic E-state index is 0.262. The van der Waals surface area contributed by atoms with Crippen molar-refractivity contribution in [3.05, 3.63) is 88.9 Å². The number of rotatable bonds is 4. The average molecular weight is 479 g/mol. The van der Waals surface area contributed by atoms with Crippen molar-refractivity contribution in [3.8, 4) is 5.75 Å². The molecule has 0 N–H and O–H groups in total. The fourth-order valence-corrected chi connectivity index (χ4v) is 4.47. The standard InChI is InChI=1S/C24H19BrN2O4/c1-30-19-13-11-18(12-14-19)27-21(15-5-3-2-4-6-15)20-22(31-27)24(29)26(23(20)28)17-9-7-16(25)8-10-17/h2-14,20-22H,1H3/t20-,21+,22+/m1/s1. The number of halogens is 1. The zero-order valence-electron chi connectivity index (χ0n) is 16.6. The lowest BCUT2D eigenvalue weighted by molar-refractivity contribution is -0.126. The van der Waals surface area contributed by atoms with E-state index in [1.54, 1.807) is 24.3 Å². The molecule has 156 valence electrons. The maximum Gasteiger partial charge on any atom is 0.266 e. The monoisotopic (exact) mass is 478 g/mol. The molecular formula is C24H19BrN2O4. The predicted molar refractivity (Wildman–Crippen MR) is 120 cm³/mol. The number of nitrogens with zero attached hydrogens (tertiary/aromatic N) is 2. The number of fused-ring (bicyclic) bond motifs is 1. The molecular weight excluding hydrogens is 460 g/mol. The number of hydrogen-bond acceptors (Lipinski definition) is 5. The summed E-state index contributed by atoms with van der Waals surface area (Å²) in [6, 6.07) is 23.7. The van der Waals surface area contributed by atoms with Crippen molar-refractivity contribution >= 4 is 39.1 Å². The summed E-state index contributed by atoms with van der Waals surface area (Å²) in [5.74, 6) is -0.551. The van der Waals surface area contributed by atoms with Crippen LogP contribution in [-0.4, -0.2) is 25.0 Å². The van der Waals surface area contributed by atoms with Gasteiger partial charge in [-0.15, -0.1) is 0 Å². The minimum Gasteiger partial charge on any atom is -0.497 e. The first kappa shape index (κ1) is 19.8. The van der Waals surface area contributed by atoms with Gasteiger partial charge in [-0.3, -0.25) is 14.4 Å². The van der Waals surface area contributed by atoms with Crippen LogP contribution in [0.25, 0.3) is 0 Å². The first-order valence-corrected chi connectivity index (χ1v) is 10.7. The van der Waals surface area contributed by atoms with Gasteiger partial charge in [-0.25, -0.2) is 9.96 Å². The number of amides is 2. The summed E-state index contributed by atoms with van der Waals surface area (Å²) in [7, 11) is 1.60. The van der Waals surface area contributed by atoms with Crippen LogP contribution in [0.1, 0.15) is 11.6 Å². The van der Waals surface area contributed by atoms with Crippen LogP contribution in [0.3, 0.4) is 0 Å². The Morgan fingerprint density at radius 1 is 0.839 bits per heavy atom. The third-order valence-corrected chi connectivity index (χ3v) is 6.20. The number of hydroxylamine groups is 1. The van der Waals surface area contributed by atoms with Crippen molar-refractivity contribution in [1.29, 1.82) is 0 Å². The first-order chi connectivity index (χ1) is 15.1. The van der Waals surface area contributed by atoms with Gasteiger partial charge >= 0.3 is 0 Å². The van der Waals surface area contributed by atoms with Crippen LogP contribution in [0.2, 0.25) is 0 Å². The molecule has 2 fully saturated rings. The zero-order valence-corrected chi connectivity index (χ0v) is 18.2. The highest BCUT2D eigenvalue weighted by Crippen LogP contribution is 2.47. The maximum absolute atomic E-state index is 13.5. The highest BCUT2D eigenvalue weighted by Gasteiger charge is 2.60. The number of anilines is 2. The second-order valence-corrected chi connectivity index (χ2v) is 8.34. The minimum atomic E-state index is -0.886. The summed E-state index contributed by atoms with van der Waals surface area (Å²) in [5.41, 5.74) is 2.20. The fraction of sp³-hybridized carbons (Fsp3) is 0.167. The molecule has 2 heterocycles. The highest BCUT2D eigenvalue weighted by molar-refractivity contribution is 9.10. The third-order valence-electron chi connectivity index (χ3n) is 5.67. The molecule has 0 radical (unpaired) electrons. The molecule has 0 unspecified atom stereocenters. The summed E-state index contributed by atoms with van der Waals surface area (Å²) in [5, 5.41) is 1.68. The number of methoxy groups -OCH3 is 1. The predicted octanol–water partition coefficient (Wildman–Crippen LogP) is 4.51. The van der Waals surface area contributed by atoms with Gasteiger partial charge in [-0.2, -0.15) is 0 Å². The molecule has 2 aliphatic heterocycles. The second-order valence-electron chi connectivity index (χ2n) is 7.42. The van der Waals surface area contributed by atoms with E-state index in [1.165, 1.54) is 4.90 Å². The molecule has 5 rings (SSSR count). The number of carbonyl (C=O) groups is 2. The smallest absolute Gasteiger partial charge is 0.266 e. The summed E-state index contributed by atoms with van der Waals surface area (Å²) in [4.78, 5) is 34.1. The van der Waals surface area contributed by atoms with Crippen LogP contribution < -0.4 is 14.7 Å². The van der Waals surface area contributed by atoms with Crippen LogP contribution in [0.5, 0.6) is 5.75 Å². The van der Waals surface area contributed by atoms with Gasteiger partial charge < -0.3 is 4.74 Å². The number of hydrogen-bond donors (Lipinski definition) is 0. The molecule has 2 saturated heterocycles. The van der Waals surface area contributed by atoms with Crippen molar-refractivity contribution in [2.75, 3.05) is 17.1 Å². The molecule has 31 heavy (non-hydrogen) atoms. The topological polar surface area (TPSA) is 59.1 Å². The molecule has 0 spiro atoms. The lowest BCUT2D eigenvalue weighted by atomic mass is 9.90. The SMILES string of the molecule is COc1ccc(N2O[C@@H]3C(=O)N(c4ccc(Br)cc4)C(=O)[C@@H]3[C@@H]2c2ccccc2)cc1. The number of carbonyl (C=O) groups excluding carboxylic acids is 2. The normalized spacial score (nSPS) is 22.7. The first-order valence-electron chi connectivity index (χ1n) is 9.87. The Morgan fingerprint density at radius 2 is 1.48 bits per heavy atom. The van der Waals surface area contributed by atoms with E-state index in [4.69, 9.17) is 9.57 Å². The van der Waals surface area contributed by atoms with Crippen molar-refractivity contribution in [2.24, 2.45) is 5.92 Å². The molecule has 2 amide bonds. The Morgan fingerprint density at radius 3 is 2.13 bits per heavy atom. The number of benzene rings is 3. The molecule has 0 aromatic heterocycles. The molecule has 2 aliphatic rings. The van der Waals surface area contributed by atoms with E-state index in [0.29, 0.717) is 11.4 Å². The van der Waals surface area contributed by atoms with Crippen molar-refractivity contribution < 1.29 is 19.2 Å². The molecule has 0 aliphatic carbocycles. The third kappa shape index (κ3) is 3.30. The maximum atomic E-state index is 13.5. The van der Waals surface area contributed by atoms with Gasteiger partial charge in [0.2, 0.25) is 5.91 Å². The Bertz CT molecular complexity index is 1120. The summed E-state index contributed by atoms with van der Waals surface area (Å²) < 4.78 is 6.12. The Balaban J connectivity index is 1.55. The van der Waals surface area contributed by atoms with Gasteiger partial charge in [0, 0.05) is 4.47 Å². The van der Waals surface area contributed by atoms with E-state index in [0.717, 1.165) is 15.7 Å². The van der Waals surface area contributed by atoms with Crippen molar-refractivity contribution in [2.45, 2.75) is 12.1 Å². The Labute approximate surface area is 188 Å². The van der Waals surface area contributed by atoms with Gasteiger partial charge in [0.1, 0.15) is 11.7 Å². The largest absolute Gasteiger partial charge is 0.497 e. The van der Waals surface area contributed by atoms with Crippen LogP contribution in [0.15, 0.2) is 83.3 Å². The average Bonchev–Trinajstić information content (AvgIpc) is 3.31. The van der Waals surface area contributed by atoms with E-state index in [2.05, 4.69) is 15.9 Å². The van der Waals surface area contributed by atoms with Gasteiger partial charge in [0.15, 0.2) is 6.10 Å². The molecule has 3 atom stereocenters. The van der Waals surface area contributed by atoms with Gasteiger partial charge in [0.05, 0.1) is 24.5 Å². The summed E-state index contributed by atoms with van der Waals surface area (Å²) >= 11 is 3.39. The van der Waals surface area contributed by atoms with Crippen LogP contribution in [-0.2, 0) is 14.4 Å². The quantitative estimate of drug-likeness (QED) is 0.516. The second kappa shape index (κ2) is 7.83. The Hall–Kier alpha value is -3.16.